The third kappa shape index (κ3) is 6.16. The number of amides is 1. The minimum atomic E-state index is -4.09. The number of rotatable bonds is 8. The Balaban J connectivity index is 1.57. The van der Waals surface area contributed by atoms with Crippen molar-refractivity contribution < 1.29 is 22.5 Å². The number of nitro groups is 1. The predicted octanol–water partition coefficient (Wildman–Crippen LogP) is 4.22. The normalized spacial score (nSPS) is 19.5. The minimum absolute atomic E-state index is 0.0863. The number of benzene rings is 2. The van der Waals surface area contributed by atoms with Gasteiger partial charge in [-0.2, -0.15) is 12.8 Å². The van der Waals surface area contributed by atoms with Crippen molar-refractivity contribution in [1.29, 1.82) is 0 Å². The van der Waals surface area contributed by atoms with Crippen molar-refractivity contribution in [2.45, 2.75) is 43.5 Å². The highest BCUT2D eigenvalue weighted by Gasteiger charge is 2.27. The minimum Gasteiger partial charge on any atom is -0.383 e. The fraction of sp³-hybridized carbons (Fsp3) is 0.391. The average Bonchev–Trinajstić information content (AvgIpc) is 2.83. The van der Waals surface area contributed by atoms with Crippen LogP contribution in [0.1, 0.15) is 44.2 Å². The van der Waals surface area contributed by atoms with Gasteiger partial charge >= 0.3 is 0 Å². The largest absolute Gasteiger partial charge is 0.383 e. The molecule has 0 saturated heterocycles. The highest BCUT2D eigenvalue weighted by atomic mass is 32.2. The molecule has 3 rings (SSSR count). The third-order valence-corrected chi connectivity index (χ3v) is 7.26. The van der Waals surface area contributed by atoms with E-state index in [4.69, 9.17) is 0 Å². The molecule has 1 amide bonds. The summed E-state index contributed by atoms with van der Waals surface area (Å²) >= 11 is 0. The Morgan fingerprint density at radius 3 is 2.41 bits per heavy atom. The Labute approximate surface area is 197 Å². The van der Waals surface area contributed by atoms with Crippen molar-refractivity contribution in [3.8, 4) is 0 Å². The number of halogens is 1. The standard InChI is InChI=1S/C23H27FN4O5S/c1-15(17-7-9-19(24)10-8-17)27-23(29)18-5-3-16(4-6-18)14-26-34(32,33)20-11-12-21(25-2)22(13-20)28(30)31/h7-16,18,25H,3-6H2,1-2H3,(H,27,29)/b26-14+/t15-,16?,18?/m1/s1. The molecule has 11 heteroatoms. The molecule has 1 saturated carbocycles. The summed E-state index contributed by atoms with van der Waals surface area (Å²) < 4.78 is 42.0. The lowest BCUT2D eigenvalue weighted by Gasteiger charge is -2.27. The SMILES string of the molecule is CNc1ccc(S(=O)(=O)/N=C/C2CCC(C(=O)N[C@H](C)c3ccc(F)cc3)CC2)cc1[N+](=O)[O-]. The summed E-state index contributed by atoms with van der Waals surface area (Å²) in [6.45, 7) is 1.84. The van der Waals surface area contributed by atoms with Crippen LogP contribution in [0.5, 0.6) is 0 Å². The Morgan fingerprint density at radius 1 is 1.18 bits per heavy atom. The van der Waals surface area contributed by atoms with Crippen LogP contribution < -0.4 is 10.6 Å². The maximum absolute atomic E-state index is 13.1. The lowest BCUT2D eigenvalue weighted by molar-refractivity contribution is -0.384. The third-order valence-electron chi connectivity index (χ3n) is 6.01. The summed E-state index contributed by atoms with van der Waals surface area (Å²) in [5.41, 5.74) is 0.669. The first-order valence-corrected chi connectivity index (χ1v) is 12.4. The van der Waals surface area contributed by atoms with Crippen LogP contribution >= 0.6 is 0 Å². The molecule has 34 heavy (non-hydrogen) atoms. The summed E-state index contributed by atoms with van der Waals surface area (Å²) in [5.74, 6) is -0.727. The number of hydrogen-bond donors (Lipinski definition) is 2. The Kier molecular flexibility index (Phi) is 7.98. The molecule has 1 aliphatic carbocycles. The number of nitrogens with one attached hydrogen (secondary N) is 2. The fourth-order valence-electron chi connectivity index (χ4n) is 3.96. The molecule has 2 N–H and O–H groups in total. The van der Waals surface area contributed by atoms with Gasteiger partial charge < -0.3 is 10.6 Å². The molecular formula is C23H27FN4O5S. The number of nitrogens with zero attached hydrogens (tertiary/aromatic N) is 2. The van der Waals surface area contributed by atoms with Crippen molar-refractivity contribution >= 4 is 33.5 Å². The number of carbonyl (C=O) groups is 1. The zero-order valence-corrected chi connectivity index (χ0v) is 19.7. The first-order valence-electron chi connectivity index (χ1n) is 10.9. The maximum Gasteiger partial charge on any atom is 0.293 e. The van der Waals surface area contributed by atoms with Gasteiger partial charge in [0.15, 0.2) is 0 Å². The quantitative estimate of drug-likeness (QED) is 0.324. The lowest BCUT2D eigenvalue weighted by atomic mass is 9.82. The Morgan fingerprint density at radius 2 is 1.82 bits per heavy atom. The molecule has 2 aromatic rings. The molecule has 1 aliphatic rings. The van der Waals surface area contributed by atoms with Crippen molar-refractivity contribution in [2.75, 3.05) is 12.4 Å². The molecule has 2 aromatic carbocycles. The van der Waals surface area contributed by atoms with Gasteiger partial charge in [0.2, 0.25) is 5.91 Å². The van der Waals surface area contributed by atoms with E-state index < -0.39 is 14.9 Å². The summed E-state index contributed by atoms with van der Waals surface area (Å²) in [5, 5.41) is 16.8. The van der Waals surface area contributed by atoms with Gasteiger partial charge in [-0.05, 0) is 68.4 Å². The summed E-state index contributed by atoms with van der Waals surface area (Å²) in [6, 6.07) is 9.31. The molecule has 1 fully saturated rings. The zero-order chi connectivity index (χ0) is 24.9. The number of anilines is 1. The van der Waals surface area contributed by atoms with Crippen LogP contribution in [0.25, 0.3) is 0 Å². The van der Waals surface area contributed by atoms with Crippen LogP contribution in [0.15, 0.2) is 51.8 Å². The molecule has 182 valence electrons. The molecule has 9 nitrogen and oxygen atoms in total. The van der Waals surface area contributed by atoms with E-state index >= 15 is 0 Å². The number of hydrogen-bond acceptors (Lipinski definition) is 6. The highest BCUT2D eigenvalue weighted by Crippen LogP contribution is 2.30. The smallest absolute Gasteiger partial charge is 0.293 e. The molecule has 0 radical (unpaired) electrons. The molecule has 0 aromatic heterocycles. The van der Waals surface area contributed by atoms with Gasteiger partial charge in [-0.1, -0.05) is 12.1 Å². The van der Waals surface area contributed by atoms with Crippen LogP contribution in [0, 0.1) is 27.8 Å². The van der Waals surface area contributed by atoms with Crippen molar-refractivity contribution in [1.82, 2.24) is 5.32 Å². The molecule has 0 unspecified atom stereocenters. The molecular weight excluding hydrogens is 463 g/mol. The van der Waals surface area contributed by atoms with E-state index in [9.17, 15) is 27.7 Å². The second-order valence-corrected chi connectivity index (χ2v) is 9.94. The van der Waals surface area contributed by atoms with Crippen LogP contribution in [-0.4, -0.2) is 32.5 Å². The first-order chi connectivity index (χ1) is 16.1. The van der Waals surface area contributed by atoms with Gasteiger partial charge in [0, 0.05) is 25.2 Å². The Bertz CT molecular complexity index is 1180. The Hall–Kier alpha value is -3.34. The topological polar surface area (TPSA) is 131 Å². The van der Waals surface area contributed by atoms with Crippen LogP contribution in [-0.2, 0) is 14.8 Å². The van der Waals surface area contributed by atoms with E-state index in [0.29, 0.717) is 25.7 Å². The number of nitro benzene ring substituents is 1. The monoisotopic (exact) mass is 490 g/mol. The molecule has 1 atom stereocenters. The second kappa shape index (κ2) is 10.7. The highest BCUT2D eigenvalue weighted by molar-refractivity contribution is 7.90. The van der Waals surface area contributed by atoms with E-state index in [-0.39, 0.29) is 45.9 Å². The maximum atomic E-state index is 13.1. The van der Waals surface area contributed by atoms with Gasteiger partial charge in [-0.15, -0.1) is 0 Å². The molecule has 0 aliphatic heterocycles. The summed E-state index contributed by atoms with van der Waals surface area (Å²) in [6.07, 6.45) is 3.73. The van der Waals surface area contributed by atoms with Gasteiger partial charge in [-0.3, -0.25) is 14.9 Å². The van der Waals surface area contributed by atoms with Crippen molar-refractivity contribution in [3.05, 3.63) is 64.0 Å². The van der Waals surface area contributed by atoms with E-state index in [1.807, 2.05) is 6.92 Å². The van der Waals surface area contributed by atoms with Gasteiger partial charge in [-0.25, -0.2) is 4.39 Å². The lowest BCUT2D eigenvalue weighted by Crippen LogP contribution is -2.35. The van der Waals surface area contributed by atoms with Crippen molar-refractivity contribution in [2.24, 2.45) is 16.2 Å². The number of carbonyl (C=O) groups excluding carboxylic acids is 1. The van der Waals surface area contributed by atoms with Crippen LogP contribution in [0.2, 0.25) is 0 Å². The van der Waals surface area contributed by atoms with Crippen molar-refractivity contribution in [3.63, 3.8) is 0 Å². The summed E-state index contributed by atoms with van der Waals surface area (Å²) in [7, 11) is -2.58. The van der Waals surface area contributed by atoms with Gasteiger partial charge in [0.25, 0.3) is 15.7 Å². The molecule has 0 bridgehead atoms. The number of sulfonamides is 1. The van der Waals surface area contributed by atoms with Gasteiger partial charge in [0.05, 0.1) is 15.9 Å². The average molecular weight is 491 g/mol. The van der Waals surface area contributed by atoms with Crippen LogP contribution in [0.3, 0.4) is 0 Å². The predicted molar refractivity (Wildman–Crippen MR) is 127 cm³/mol. The van der Waals surface area contributed by atoms with E-state index in [2.05, 4.69) is 15.0 Å². The van der Waals surface area contributed by atoms with Gasteiger partial charge in [0.1, 0.15) is 11.5 Å². The van der Waals surface area contributed by atoms with E-state index in [1.165, 1.54) is 37.5 Å². The zero-order valence-electron chi connectivity index (χ0n) is 18.9. The molecule has 0 heterocycles. The first kappa shape index (κ1) is 25.3. The second-order valence-electron chi connectivity index (χ2n) is 8.31. The van der Waals surface area contributed by atoms with E-state index in [0.717, 1.165) is 11.6 Å². The van der Waals surface area contributed by atoms with E-state index in [1.54, 1.807) is 12.1 Å². The van der Waals surface area contributed by atoms with Crippen LogP contribution in [0.4, 0.5) is 15.8 Å². The molecule has 0 spiro atoms. The summed E-state index contributed by atoms with van der Waals surface area (Å²) in [4.78, 5) is 22.9. The fourth-order valence-corrected chi connectivity index (χ4v) is 4.91.